The highest BCUT2D eigenvalue weighted by Crippen LogP contribution is 2.44. The van der Waals surface area contributed by atoms with E-state index < -0.39 is 5.97 Å². The Morgan fingerprint density at radius 2 is 0.746 bits per heavy atom. The number of ether oxygens (including phenoxy) is 4. The van der Waals surface area contributed by atoms with Crippen LogP contribution < -0.4 is 32.3 Å². The van der Waals surface area contributed by atoms with Crippen LogP contribution in [-0.4, -0.2) is 232 Å². The number of nitrogens with two attached hydrogens (primary N) is 1. The van der Waals surface area contributed by atoms with Gasteiger partial charge in [-0.1, -0.05) is 197 Å². The summed E-state index contributed by atoms with van der Waals surface area (Å²) in [5.41, 5.74) is 15.7. The molecule has 6 aromatic carbocycles. The average Bonchev–Trinajstić information content (AvgIpc) is 0.789. The number of methoxy groups -OCH3 is 4. The number of piperidine rings is 4. The zero-order chi connectivity index (χ0) is 102. The number of hydrogen-bond acceptors (Lipinski definition) is 22. The van der Waals surface area contributed by atoms with E-state index in [0.717, 1.165) is 115 Å². The van der Waals surface area contributed by atoms with Crippen LogP contribution in [0.2, 0.25) is 0 Å². The number of aliphatic hydroxyl groups excluding tert-OH is 1. The third-order valence-electron chi connectivity index (χ3n) is 28.2. The van der Waals surface area contributed by atoms with Crippen molar-refractivity contribution in [3.63, 3.8) is 0 Å². The van der Waals surface area contributed by atoms with Crippen molar-refractivity contribution in [2.45, 2.75) is 249 Å². The Balaban J connectivity index is 0.000000568. The van der Waals surface area contributed by atoms with Gasteiger partial charge in [0.15, 0.2) is 0 Å². The number of phenols is 2. The number of hydrogen-bond donors (Lipinski definition) is 10. The lowest BCUT2D eigenvalue weighted by atomic mass is 9.67. The molecule has 29 heteroatoms. The van der Waals surface area contributed by atoms with Gasteiger partial charge in [0.2, 0.25) is 23.6 Å². The van der Waals surface area contributed by atoms with E-state index in [1.165, 1.54) is 64.5 Å². The second-order valence-electron chi connectivity index (χ2n) is 40.0. The predicted molar refractivity (Wildman–Crippen MR) is 553 cm³/mol. The van der Waals surface area contributed by atoms with Gasteiger partial charge in [-0.15, -0.1) is 24.8 Å². The van der Waals surface area contributed by atoms with Crippen LogP contribution >= 0.6 is 24.8 Å². The Morgan fingerprint density at radius 1 is 0.435 bits per heavy atom. The van der Waals surface area contributed by atoms with Crippen molar-refractivity contribution < 1.29 is 87.3 Å². The fourth-order valence-corrected chi connectivity index (χ4v) is 17.3. The highest BCUT2D eigenvalue weighted by molar-refractivity contribution is 5.91. The van der Waals surface area contributed by atoms with Crippen molar-refractivity contribution in [1.29, 1.82) is 0 Å². The van der Waals surface area contributed by atoms with Gasteiger partial charge in [-0.3, -0.25) is 24.0 Å². The second kappa shape index (κ2) is 61.0. The molecule has 27 nitrogen and oxygen atoms in total. The maximum atomic E-state index is 12.7. The maximum Gasteiger partial charge on any atom is 0.337 e. The van der Waals surface area contributed by atoms with Crippen molar-refractivity contribution in [3.8, 4) is 11.5 Å². The molecule has 0 saturated carbocycles. The third-order valence-corrected chi connectivity index (χ3v) is 28.2. The number of carbonyl (C=O) groups excluding carboxylic acids is 9. The lowest BCUT2D eigenvalue weighted by molar-refractivity contribution is -0.137. The van der Waals surface area contributed by atoms with Gasteiger partial charge >= 0.3 is 29.8 Å². The number of aliphatic hydroxyl groups is 1. The number of carboxylic acids is 1. The molecule has 4 fully saturated rings. The molecule has 4 aliphatic rings. The molecule has 4 amide bonds. The minimum Gasteiger partial charge on any atom is -0.508 e. The molecular weight excluding hydrogens is 1790 g/mol. The summed E-state index contributed by atoms with van der Waals surface area (Å²) < 4.78 is 19.4. The Bertz CT molecular complexity index is 4730. The van der Waals surface area contributed by atoms with Gasteiger partial charge in [-0.25, -0.2) is 19.2 Å². The molecule has 770 valence electrons. The number of aliphatic carboxylic acids is 1. The fourth-order valence-electron chi connectivity index (χ4n) is 17.3. The highest BCUT2D eigenvalue weighted by atomic mass is 35.5. The van der Waals surface area contributed by atoms with Gasteiger partial charge < -0.3 is 91.2 Å². The molecule has 4 saturated heterocycles. The van der Waals surface area contributed by atoms with E-state index in [2.05, 4.69) is 162 Å². The van der Waals surface area contributed by atoms with Gasteiger partial charge in [0, 0.05) is 91.0 Å². The fraction of sp³-hybridized carbons (Fsp3) is 0.578. The summed E-state index contributed by atoms with van der Waals surface area (Å²) in [4.78, 5) is 120. The van der Waals surface area contributed by atoms with Crippen LogP contribution in [0, 0.1) is 53.3 Å². The van der Waals surface area contributed by atoms with Crippen molar-refractivity contribution in [3.05, 3.63) is 201 Å². The molecule has 1 unspecified atom stereocenters. The Labute approximate surface area is 835 Å². The number of nitrogens with zero attached hydrogens (tertiary/aromatic N) is 3. The minimum absolute atomic E-state index is 0. The monoisotopic (exact) mass is 1960 g/mol. The number of esters is 4. The predicted octanol–water partition coefficient (Wildman–Crippen LogP) is 15.9. The largest absolute Gasteiger partial charge is 0.508 e. The van der Waals surface area contributed by atoms with Crippen LogP contribution in [0.15, 0.2) is 146 Å². The number of rotatable bonds is 31. The molecule has 0 radical (unpaired) electrons. The van der Waals surface area contributed by atoms with E-state index >= 15 is 0 Å². The van der Waals surface area contributed by atoms with Crippen LogP contribution in [-0.2, 0) is 82.2 Å². The van der Waals surface area contributed by atoms with Gasteiger partial charge in [-0.05, 0) is 252 Å². The molecule has 0 aliphatic carbocycles. The molecule has 10 rings (SSSR count). The van der Waals surface area contributed by atoms with Crippen LogP contribution in [0.25, 0.3) is 0 Å². The van der Waals surface area contributed by atoms with Crippen LogP contribution in [0.1, 0.15) is 259 Å². The van der Waals surface area contributed by atoms with Crippen LogP contribution in [0.4, 0.5) is 0 Å². The molecular formula is C109H167Cl2N9O18. The van der Waals surface area contributed by atoms with E-state index in [1.807, 2.05) is 100 Å². The lowest BCUT2D eigenvalue weighted by Crippen LogP contribution is -2.53. The SMILES string of the molecule is CC(=O)NC(C=O)C(C)C.CC(=O)N[C@H](CO)C(C)C.COC(=O)c1cccc([C@]2(C)CCN(C[C@@H](N)C(C)C)C[C@@H]2C)c1.COC(=O)c1cccc([C@]2(C)CCN(C[C@@H](NC(=O)CCc3ccc(O)cc3)C(C)C)C[C@@H]2C)c1.COC(=O)c1cccc([C@]2(C)CCN(C[C@@H](NC(C)=O)C(C)C)C[C@@H]2C)c1.COC(=O)c1cccc([C@]2(C)CCNC[C@@H]2C)c1.Cl.Cl.O=C(O)CCc1ccc(O)cc1. The number of halogens is 2. The molecule has 138 heavy (non-hydrogen) atoms. The summed E-state index contributed by atoms with van der Waals surface area (Å²) in [5.74, 6) is 1.91. The first-order valence-corrected chi connectivity index (χ1v) is 48.3. The van der Waals surface area contributed by atoms with Crippen molar-refractivity contribution >= 4 is 84.6 Å². The number of benzene rings is 6. The molecule has 6 aromatic rings. The van der Waals surface area contributed by atoms with Gasteiger partial charge in [0.25, 0.3) is 0 Å². The zero-order valence-corrected chi connectivity index (χ0v) is 88.5. The number of aromatic hydroxyl groups is 2. The molecule has 4 aliphatic heterocycles. The van der Waals surface area contributed by atoms with E-state index in [1.54, 1.807) is 55.5 Å². The van der Waals surface area contributed by atoms with Crippen LogP contribution in [0.3, 0.4) is 0 Å². The van der Waals surface area contributed by atoms with Gasteiger partial charge in [-0.2, -0.15) is 0 Å². The first-order valence-electron chi connectivity index (χ1n) is 48.3. The number of nitrogens with one attached hydrogen (secondary N) is 5. The lowest BCUT2D eigenvalue weighted by Gasteiger charge is -2.46. The number of likely N-dealkylation sites (tertiary alicyclic amines) is 3. The summed E-state index contributed by atoms with van der Waals surface area (Å²) in [6, 6.07) is 45.1. The molecule has 0 bridgehead atoms. The molecule has 11 N–H and O–H groups in total. The third kappa shape index (κ3) is 40.0. The standard InChI is InChI=1S/C29H40N2O4.C22H34N2O3.C20H32N2O2.C15H21NO2.C9H10O3.C7H15NO2.C7H13NO2.2ClH/c1-20(2)26(30-27(33)14-11-22-9-12-25(32)13-10-22)19-31-16-15-29(4,21(3)18-31)24-8-6-7-23(17-24)28(34)35-5;1-15(2)20(23-17(4)25)14-24-11-10-22(5,16(3)13-24)19-9-7-8-18(12-19)21(26)27-6;1-14(2)18(21)13-22-10-9-20(4,15(3)12-22)17-8-6-7-16(11-17)19(23)24-5;1-11-10-16-8-7-15(11,2)13-6-4-5-12(9-13)14(17)18-3;10-8-4-1-7(2-5-8)3-6-9(11)12;2*1-5(2)7(4-9)8-6(3)10;;/h6-10,12-13,17,20-21,26,32H,11,14-16,18-19H2,1-5H3,(H,30,33);7-9,12,15-16,20H,10-11,13-14H2,1-6H3,(H,23,25);6-8,11,14-15,18H,9-10,12-13,21H2,1-5H3;4-6,9,11,16H,7-8,10H2,1-3H3;1-2,4-5,10H,3,6H2,(H,11,12);5,7,9H,4H2,1-3H3,(H,8,10);4-5,7H,1-3H3,(H,8,10);2*1H/t21-,26+,29+;16-,20+,22+;15-,18+,20+;11-,15+;;7-;;;/m0000.1.../s1. The molecule has 4 heterocycles. The Kier molecular flexibility index (Phi) is 54.9. The van der Waals surface area contributed by atoms with E-state index in [9.17, 15) is 53.1 Å². The van der Waals surface area contributed by atoms with Crippen molar-refractivity contribution in [2.24, 2.45) is 59.0 Å². The second-order valence-corrected chi connectivity index (χ2v) is 40.0. The number of aryl methyl sites for hydroxylation is 2. The number of carbonyl (C=O) groups is 10. The quantitative estimate of drug-likeness (QED) is 0.0110. The summed E-state index contributed by atoms with van der Waals surface area (Å²) in [7, 11) is 5.67. The minimum atomic E-state index is -0.803. The van der Waals surface area contributed by atoms with Crippen LogP contribution in [0.5, 0.6) is 11.5 Å². The number of carboxylic acid groups (broad SMARTS) is 1. The smallest absolute Gasteiger partial charge is 0.337 e. The first-order chi connectivity index (χ1) is 64.0. The Morgan fingerprint density at radius 3 is 1.01 bits per heavy atom. The molecule has 0 aromatic heterocycles. The topological polar surface area (TPSA) is 384 Å². The van der Waals surface area contributed by atoms with E-state index in [-0.39, 0.29) is 161 Å². The number of amides is 4. The average molecular weight is 1960 g/mol. The van der Waals surface area contributed by atoms with Crippen molar-refractivity contribution in [2.75, 3.05) is 107 Å². The zero-order valence-electron chi connectivity index (χ0n) is 86.9. The number of phenolic OH excluding ortho intramolecular Hbond substituents is 2. The van der Waals surface area contributed by atoms with Gasteiger partial charge in [0.05, 0.1) is 69.4 Å². The molecule has 13 atom stereocenters. The van der Waals surface area contributed by atoms with Crippen molar-refractivity contribution in [1.82, 2.24) is 41.3 Å². The maximum absolute atomic E-state index is 12.7. The van der Waals surface area contributed by atoms with E-state index in [4.69, 9.17) is 40.0 Å². The number of aldehydes is 1. The molecule has 0 spiro atoms. The van der Waals surface area contributed by atoms with E-state index in [0.29, 0.717) is 82.9 Å². The normalized spacial score (nSPS) is 21.2. The van der Waals surface area contributed by atoms with Gasteiger partial charge in [0.1, 0.15) is 17.8 Å². The summed E-state index contributed by atoms with van der Waals surface area (Å²) in [5, 5.41) is 50.4. The summed E-state index contributed by atoms with van der Waals surface area (Å²) in [6.07, 6.45) is 6.65. The summed E-state index contributed by atoms with van der Waals surface area (Å²) in [6.45, 7) is 54.0. The highest BCUT2D eigenvalue weighted by Gasteiger charge is 2.43. The first kappa shape index (κ1) is 124. The Hall–Kier alpha value is -9.84. The summed E-state index contributed by atoms with van der Waals surface area (Å²) >= 11 is 0.